The molecule has 3 aromatic rings. The number of benzene rings is 1. The van der Waals surface area contributed by atoms with E-state index in [2.05, 4.69) is 53.5 Å². The predicted octanol–water partition coefficient (Wildman–Crippen LogP) is 3.59. The first-order valence-corrected chi connectivity index (χ1v) is 13.2. The minimum Gasteiger partial charge on any atom is -0.368 e. The highest BCUT2D eigenvalue weighted by molar-refractivity contribution is 6.36. The lowest BCUT2D eigenvalue weighted by Gasteiger charge is -2.42. The molecule has 2 N–H and O–H groups in total. The van der Waals surface area contributed by atoms with Gasteiger partial charge < -0.3 is 20.4 Å². The molecule has 10 nitrogen and oxygen atoms in total. The fraction of sp³-hybridized carbons (Fsp3) is 0.520. The number of rotatable bonds is 8. The van der Waals surface area contributed by atoms with Gasteiger partial charge in [0.05, 0.1) is 22.6 Å². The molecule has 1 aromatic carbocycles. The van der Waals surface area contributed by atoms with Crippen LogP contribution in [0.5, 0.6) is 0 Å². The molecule has 1 aliphatic carbocycles. The summed E-state index contributed by atoms with van der Waals surface area (Å²) < 4.78 is 29.3. The van der Waals surface area contributed by atoms with Crippen LogP contribution in [0.15, 0.2) is 18.3 Å². The van der Waals surface area contributed by atoms with Crippen LogP contribution >= 0.6 is 11.6 Å². The Morgan fingerprint density at radius 1 is 1.18 bits per heavy atom. The second kappa shape index (κ2) is 10.1. The van der Waals surface area contributed by atoms with Crippen LogP contribution in [0.3, 0.4) is 0 Å². The van der Waals surface area contributed by atoms with Gasteiger partial charge in [-0.25, -0.2) is 13.8 Å². The quantitative estimate of drug-likeness (QED) is 0.442. The molecule has 200 valence electrons. The molecule has 3 aliphatic rings. The number of nitriles is 1. The molecule has 2 aliphatic heterocycles. The number of imidazole rings is 1. The lowest BCUT2D eigenvalue weighted by Crippen LogP contribution is -2.53. The second-order valence-corrected chi connectivity index (χ2v) is 10.8. The molecule has 0 spiro atoms. The smallest absolute Gasteiger partial charge is 0.264 e. The largest absolute Gasteiger partial charge is 0.368 e. The van der Waals surface area contributed by atoms with E-state index >= 15 is 0 Å². The zero-order chi connectivity index (χ0) is 26.4. The van der Waals surface area contributed by atoms with Crippen molar-refractivity contribution in [3.05, 3.63) is 34.6 Å². The average molecular weight is 543 g/mol. The standard InChI is InChI=1S/C25H29ClF2N10/c1-35-12-15(13-35)14-36-4-6-37(7-5-36)20-9-16(22(27)28)8-19(21(20)26)32-25-33-23(31-17-2-3-17)24-30-11-18(10-29)38(24)34-25/h8-9,11,15,17,22H,2-7,12-14H2,1H3,(H2,31,32,33,34). The molecule has 0 unspecified atom stereocenters. The van der Waals surface area contributed by atoms with Crippen molar-refractivity contribution < 1.29 is 8.78 Å². The van der Waals surface area contributed by atoms with Gasteiger partial charge in [0.1, 0.15) is 6.07 Å². The monoisotopic (exact) mass is 542 g/mol. The predicted molar refractivity (Wildman–Crippen MR) is 141 cm³/mol. The van der Waals surface area contributed by atoms with Crippen molar-refractivity contribution in [3.8, 4) is 6.07 Å². The maximum atomic E-state index is 13.9. The second-order valence-electron chi connectivity index (χ2n) is 10.4. The van der Waals surface area contributed by atoms with E-state index in [1.165, 1.54) is 22.8 Å². The molecule has 2 aromatic heterocycles. The van der Waals surface area contributed by atoms with E-state index in [1.54, 1.807) is 0 Å². The number of likely N-dealkylation sites (tertiary alicyclic amines) is 1. The molecule has 6 rings (SSSR count). The first kappa shape index (κ1) is 25.0. The third-order valence-electron chi connectivity index (χ3n) is 7.34. The number of hydrogen-bond acceptors (Lipinski definition) is 9. The van der Waals surface area contributed by atoms with Gasteiger partial charge in [-0.2, -0.15) is 14.8 Å². The van der Waals surface area contributed by atoms with Gasteiger partial charge >= 0.3 is 0 Å². The van der Waals surface area contributed by atoms with Crippen molar-refractivity contribution in [2.24, 2.45) is 5.92 Å². The van der Waals surface area contributed by atoms with Gasteiger partial charge in [-0.3, -0.25) is 4.90 Å². The summed E-state index contributed by atoms with van der Waals surface area (Å²) in [5, 5.41) is 20.6. The fourth-order valence-electron chi connectivity index (χ4n) is 5.21. The third kappa shape index (κ3) is 5.06. The maximum Gasteiger partial charge on any atom is 0.264 e. The van der Waals surface area contributed by atoms with Crippen LogP contribution in [0, 0.1) is 17.2 Å². The Labute approximate surface area is 224 Å². The van der Waals surface area contributed by atoms with Crippen LogP contribution in [0.25, 0.3) is 5.65 Å². The number of anilines is 4. The highest BCUT2D eigenvalue weighted by atomic mass is 35.5. The molecule has 0 bridgehead atoms. The third-order valence-corrected chi connectivity index (χ3v) is 7.74. The molecular weight excluding hydrogens is 514 g/mol. The molecule has 13 heteroatoms. The van der Waals surface area contributed by atoms with E-state index in [-0.39, 0.29) is 28.9 Å². The highest BCUT2D eigenvalue weighted by Crippen LogP contribution is 2.39. The van der Waals surface area contributed by atoms with Crippen molar-refractivity contribution in [2.75, 3.05) is 68.4 Å². The average Bonchev–Trinajstić information content (AvgIpc) is 3.60. The number of fused-ring (bicyclic) bond motifs is 1. The van der Waals surface area contributed by atoms with Crippen LogP contribution in [-0.2, 0) is 0 Å². The molecule has 38 heavy (non-hydrogen) atoms. The van der Waals surface area contributed by atoms with Crippen LogP contribution in [0.1, 0.15) is 30.5 Å². The molecule has 4 heterocycles. The normalized spacial score (nSPS) is 19.1. The number of hydrogen-bond donors (Lipinski definition) is 2. The summed E-state index contributed by atoms with van der Waals surface area (Å²) in [7, 11) is 2.13. The summed E-state index contributed by atoms with van der Waals surface area (Å²) >= 11 is 6.82. The Hall–Kier alpha value is -3.27. The van der Waals surface area contributed by atoms with E-state index in [1.807, 2.05) is 0 Å². The van der Waals surface area contributed by atoms with E-state index in [4.69, 9.17) is 11.6 Å². The Bertz CT molecular complexity index is 1370. The highest BCUT2D eigenvalue weighted by Gasteiger charge is 2.29. The summed E-state index contributed by atoms with van der Waals surface area (Å²) in [4.78, 5) is 15.6. The maximum absolute atomic E-state index is 13.9. The van der Waals surface area contributed by atoms with Gasteiger partial charge in [0, 0.05) is 57.4 Å². The number of aromatic nitrogens is 4. The number of nitrogens with zero attached hydrogens (tertiary/aromatic N) is 8. The summed E-state index contributed by atoms with van der Waals surface area (Å²) in [5.74, 6) is 1.30. The van der Waals surface area contributed by atoms with Crippen molar-refractivity contribution in [2.45, 2.75) is 25.3 Å². The summed E-state index contributed by atoms with van der Waals surface area (Å²) in [6.07, 6.45) is 0.790. The minimum absolute atomic E-state index is 0.129. The fourth-order valence-corrected chi connectivity index (χ4v) is 5.48. The summed E-state index contributed by atoms with van der Waals surface area (Å²) in [6, 6.07) is 5.16. The van der Waals surface area contributed by atoms with Gasteiger partial charge in [-0.05, 0) is 37.9 Å². The van der Waals surface area contributed by atoms with Crippen LogP contribution < -0.4 is 15.5 Å². The van der Waals surface area contributed by atoms with Crippen LogP contribution in [0.4, 0.5) is 31.9 Å². The molecule has 2 saturated heterocycles. The first-order chi connectivity index (χ1) is 18.4. The van der Waals surface area contributed by atoms with E-state index in [0.29, 0.717) is 41.2 Å². The van der Waals surface area contributed by atoms with Gasteiger partial charge in [-0.15, -0.1) is 5.10 Å². The lowest BCUT2D eigenvalue weighted by molar-refractivity contribution is 0.0883. The summed E-state index contributed by atoms with van der Waals surface area (Å²) in [6.45, 7) is 6.42. The minimum atomic E-state index is -2.67. The van der Waals surface area contributed by atoms with Gasteiger partial charge in [0.2, 0.25) is 5.95 Å². The molecule has 0 radical (unpaired) electrons. The lowest BCUT2D eigenvalue weighted by atomic mass is 10.0. The van der Waals surface area contributed by atoms with Crippen LogP contribution in [0.2, 0.25) is 5.02 Å². The summed E-state index contributed by atoms with van der Waals surface area (Å²) in [5.41, 5.74) is 1.38. The van der Waals surface area contributed by atoms with E-state index < -0.39 is 6.43 Å². The van der Waals surface area contributed by atoms with Gasteiger partial charge in [-0.1, -0.05) is 11.6 Å². The van der Waals surface area contributed by atoms with Gasteiger partial charge in [0.15, 0.2) is 17.2 Å². The molecule has 3 fully saturated rings. The van der Waals surface area contributed by atoms with Crippen molar-refractivity contribution in [1.82, 2.24) is 29.4 Å². The van der Waals surface area contributed by atoms with Gasteiger partial charge in [0.25, 0.3) is 6.43 Å². The Kier molecular flexibility index (Phi) is 6.67. The first-order valence-electron chi connectivity index (χ1n) is 12.8. The SMILES string of the molecule is CN1CC(CN2CCN(c3cc(C(F)F)cc(Nc4nc(NC5CC5)c5ncc(C#N)n5n4)c3Cl)CC2)C1. The van der Waals surface area contributed by atoms with E-state index in [9.17, 15) is 14.0 Å². The molecule has 0 amide bonds. The molecule has 0 atom stereocenters. The number of halogens is 3. The van der Waals surface area contributed by atoms with Crippen molar-refractivity contribution >= 4 is 40.4 Å². The van der Waals surface area contributed by atoms with Crippen molar-refractivity contribution in [3.63, 3.8) is 0 Å². The zero-order valence-electron chi connectivity index (χ0n) is 21.0. The number of nitrogens with one attached hydrogen (secondary N) is 2. The van der Waals surface area contributed by atoms with E-state index in [0.717, 1.165) is 45.6 Å². The molecular formula is C25H29ClF2N10. The van der Waals surface area contributed by atoms with Crippen molar-refractivity contribution in [1.29, 1.82) is 5.26 Å². The Morgan fingerprint density at radius 3 is 2.61 bits per heavy atom. The number of piperazine rings is 1. The topological polar surface area (TPSA) is 101 Å². The Balaban J connectivity index is 1.27. The van der Waals surface area contributed by atoms with Crippen LogP contribution in [-0.4, -0.2) is 88.3 Å². The Morgan fingerprint density at radius 2 is 1.95 bits per heavy atom. The number of alkyl halides is 2. The zero-order valence-corrected chi connectivity index (χ0v) is 21.8. The molecule has 1 saturated carbocycles.